The van der Waals surface area contributed by atoms with Crippen LogP contribution in [0.15, 0.2) is 17.2 Å². The predicted molar refractivity (Wildman–Crippen MR) is 119 cm³/mol. The van der Waals surface area contributed by atoms with E-state index >= 15 is 0 Å². The first-order valence-corrected chi connectivity index (χ1v) is 13.0. The standard InChI is InChI=1S/C23H30N4O3S/c1-3-14(2)20-13-21(25-27(20)17-10-11-17)31(29,30)26-23(28)24-22-18-8-4-6-15(18)12-16-7-5-9-19(16)22/h12-14,17H,3-11H2,1-2H3,(H2,24,26,28). The number of anilines is 1. The summed E-state index contributed by atoms with van der Waals surface area (Å²) in [7, 11) is -4.05. The van der Waals surface area contributed by atoms with Crippen LogP contribution in [0.3, 0.4) is 0 Å². The summed E-state index contributed by atoms with van der Waals surface area (Å²) in [4.78, 5) is 12.8. The zero-order chi connectivity index (χ0) is 21.8. The minimum atomic E-state index is -4.05. The van der Waals surface area contributed by atoms with Gasteiger partial charge >= 0.3 is 6.03 Å². The van der Waals surface area contributed by atoms with Crippen molar-refractivity contribution < 1.29 is 13.2 Å². The number of benzene rings is 1. The Morgan fingerprint density at radius 1 is 1.13 bits per heavy atom. The predicted octanol–water partition coefficient (Wildman–Crippen LogP) is 4.22. The quantitative estimate of drug-likeness (QED) is 0.700. The molecule has 1 saturated carbocycles. The summed E-state index contributed by atoms with van der Waals surface area (Å²) in [6.07, 6.45) is 8.97. The van der Waals surface area contributed by atoms with Crippen molar-refractivity contribution in [3.8, 4) is 0 Å². The summed E-state index contributed by atoms with van der Waals surface area (Å²) in [5.74, 6) is 0.209. The number of sulfonamides is 1. The van der Waals surface area contributed by atoms with Crippen molar-refractivity contribution in [3.63, 3.8) is 0 Å². The molecule has 1 heterocycles. The number of urea groups is 1. The van der Waals surface area contributed by atoms with Gasteiger partial charge in [0.2, 0.25) is 0 Å². The van der Waals surface area contributed by atoms with Crippen molar-refractivity contribution in [1.82, 2.24) is 14.5 Å². The summed E-state index contributed by atoms with van der Waals surface area (Å²) in [6.45, 7) is 4.15. The molecule has 31 heavy (non-hydrogen) atoms. The van der Waals surface area contributed by atoms with Crippen LogP contribution in [0.1, 0.15) is 85.9 Å². The number of carbonyl (C=O) groups excluding carboxylic acids is 1. The van der Waals surface area contributed by atoms with Gasteiger partial charge in [0, 0.05) is 17.4 Å². The molecule has 2 amide bonds. The first-order valence-electron chi connectivity index (χ1n) is 11.5. The summed E-state index contributed by atoms with van der Waals surface area (Å²) < 4.78 is 30.0. The maximum atomic E-state index is 13.0. The highest BCUT2D eigenvalue weighted by Gasteiger charge is 2.32. The van der Waals surface area contributed by atoms with Crippen LogP contribution in [0.25, 0.3) is 0 Å². The van der Waals surface area contributed by atoms with E-state index in [4.69, 9.17) is 0 Å². The molecule has 8 heteroatoms. The van der Waals surface area contributed by atoms with Gasteiger partial charge in [-0.3, -0.25) is 4.68 Å². The van der Waals surface area contributed by atoms with Crippen molar-refractivity contribution in [1.29, 1.82) is 0 Å². The molecule has 0 bridgehead atoms. The largest absolute Gasteiger partial charge is 0.333 e. The highest BCUT2D eigenvalue weighted by atomic mass is 32.2. The average Bonchev–Trinajstić information content (AvgIpc) is 3.13. The van der Waals surface area contributed by atoms with E-state index in [1.54, 1.807) is 6.07 Å². The molecule has 2 aromatic rings. The van der Waals surface area contributed by atoms with Crippen molar-refractivity contribution >= 4 is 21.7 Å². The summed E-state index contributed by atoms with van der Waals surface area (Å²) in [6, 6.07) is 3.47. The molecule has 166 valence electrons. The number of fused-ring (bicyclic) bond motifs is 2. The molecule has 2 N–H and O–H groups in total. The fraction of sp³-hybridized carbons (Fsp3) is 0.565. The second kappa shape index (κ2) is 7.65. The lowest BCUT2D eigenvalue weighted by molar-refractivity contribution is 0.256. The number of nitrogens with one attached hydrogen (secondary N) is 2. The van der Waals surface area contributed by atoms with Crippen LogP contribution in [0.5, 0.6) is 0 Å². The number of aromatic nitrogens is 2. The summed E-state index contributed by atoms with van der Waals surface area (Å²) in [5, 5.41) is 7.19. The van der Waals surface area contributed by atoms with Crippen LogP contribution in [0, 0.1) is 0 Å². The fourth-order valence-electron chi connectivity index (χ4n) is 4.99. The summed E-state index contributed by atoms with van der Waals surface area (Å²) in [5.41, 5.74) is 6.68. The maximum absolute atomic E-state index is 13.0. The van der Waals surface area contributed by atoms with Gasteiger partial charge in [0.25, 0.3) is 10.0 Å². The number of hydrogen-bond donors (Lipinski definition) is 2. The Kier molecular flexibility index (Phi) is 5.07. The number of amides is 2. The Morgan fingerprint density at radius 2 is 1.77 bits per heavy atom. The first-order chi connectivity index (χ1) is 14.9. The molecule has 1 fully saturated rings. The van der Waals surface area contributed by atoms with Gasteiger partial charge in [-0.1, -0.05) is 19.9 Å². The molecule has 7 nitrogen and oxygen atoms in total. The van der Waals surface area contributed by atoms with E-state index < -0.39 is 16.1 Å². The van der Waals surface area contributed by atoms with Crippen molar-refractivity contribution in [3.05, 3.63) is 40.1 Å². The monoisotopic (exact) mass is 442 g/mol. The minimum absolute atomic E-state index is 0.0756. The van der Waals surface area contributed by atoms with Gasteiger partial charge in [-0.2, -0.15) is 13.5 Å². The number of rotatable bonds is 6. The Bertz CT molecular complexity index is 1120. The van der Waals surface area contributed by atoms with Crippen LogP contribution < -0.4 is 10.0 Å². The van der Waals surface area contributed by atoms with Crippen molar-refractivity contribution in [2.45, 2.75) is 88.6 Å². The lowest BCUT2D eigenvalue weighted by atomic mass is 9.99. The SMILES string of the molecule is CCC(C)c1cc(S(=O)(=O)NC(=O)Nc2c3c(cc4c2CCC4)CCC3)nn1C1CC1. The van der Waals surface area contributed by atoms with Gasteiger partial charge in [-0.05, 0) is 86.0 Å². The van der Waals surface area contributed by atoms with Crippen LogP contribution in [-0.2, 0) is 35.7 Å². The number of carbonyl (C=O) groups is 1. The average molecular weight is 443 g/mol. The molecule has 1 unspecified atom stereocenters. The Balaban J connectivity index is 1.39. The minimum Gasteiger partial charge on any atom is -0.307 e. The molecule has 5 rings (SSSR count). The van der Waals surface area contributed by atoms with Gasteiger partial charge in [0.15, 0.2) is 5.03 Å². The Labute approximate surface area is 183 Å². The molecular formula is C23H30N4O3S. The molecule has 0 aliphatic heterocycles. The third kappa shape index (κ3) is 3.75. The number of aryl methyl sites for hydroxylation is 2. The van der Waals surface area contributed by atoms with E-state index in [0.717, 1.165) is 69.2 Å². The maximum Gasteiger partial charge on any atom is 0.333 e. The van der Waals surface area contributed by atoms with E-state index in [2.05, 4.69) is 35.1 Å². The van der Waals surface area contributed by atoms with Crippen LogP contribution in [0.4, 0.5) is 10.5 Å². The molecule has 3 aliphatic rings. The molecular weight excluding hydrogens is 412 g/mol. The van der Waals surface area contributed by atoms with E-state index in [1.165, 1.54) is 22.3 Å². The van der Waals surface area contributed by atoms with Crippen molar-refractivity contribution in [2.24, 2.45) is 0 Å². The Hall–Kier alpha value is -2.35. The number of hydrogen-bond acceptors (Lipinski definition) is 4. The topological polar surface area (TPSA) is 93.1 Å². The first kappa shape index (κ1) is 20.5. The second-order valence-electron chi connectivity index (χ2n) is 9.19. The van der Waals surface area contributed by atoms with E-state index in [9.17, 15) is 13.2 Å². The summed E-state index contributed by atoms with van der Waals surface area (Å²) >= 11 is 0. The van der Waals surface area contributed by atoms with Gasteiger partial charge < -0.3 is 5.32 Å². The molecule has 0 saturated heterocycles. The van der Waals surface area contributed by atoms with E-state index in [1.807, 2.05) is 4.68 Å². The highest BCUT2D eigenvalue weighted by molar-refractivity contribution is 7.90. The molecule has 3 aliphatic carbocycles. The van der Waals surface area contributed by atoms with E-state index in [-0.39, 0.29) is 17.0 Å². The third-order valence-electron chi connectivity index (χ3n) is 6.97. The smallest absolute Gasteiger partial charge is 0.307 e. The van der Waals surface area contributed by atoms with Gasteiger partial charge in [0.1, 0.15) is 0 Å². The fourth-order valence-corrected chi connectivity index (χ4v) is 5.86. The van der Waals surface area contributed by atoms with Gasteiger partial charge in [-0.25, -0.2) is 9.52 Å². The van der Waals surface area contributed by atoms with Gasteiger partial charge in [0.05, 0.1) is 6.04 Å². The van der Waals surface area contributed by atoms with Crippen molar-refractivity contribution in [2.75, 3.05) is 5.32 Å². The second-order valence-corrected chi connectivity index (χ2v) is 10.8. The third-order valence-corrected chi connectivity index (χ3v) is 8.17. The zero-order valence-corrected chi connectivity index (χ0v) is 19.0. The molecule has 1 atom stereocenters. The highest BCUT2D eigenvalue weighted by Crippen LogP contribution is 2.39. The Morgan fingerprint density at radius 3 is 2.35 bits per heavy atom. The van der Waals surface area contributed by atoms with Crippen LogP contribution >= 0.6 is 0 Å². The molecule has 0 radical (unpaired) electrons. The van der Waals surface area contributed by atoms with E-state index in [0.29, 0.717) is 0 Å². The number of nitrogens with zero attached hydrogens (tertiary/aromatic N) is 2. The molecule has 1 aromatic carbocycles. The zero-order valence-electron chi connectivity index (χ0n) is 18.2. The van der Waals surface area contributed by atoms with Crippen LogP contribution in [0.2, 0.25) is 0 Å². The van der Waals surface area contributed by atoms with Crippen LogP contribution in [-0.4, -0.2) is 24.2 Å². The molecule has 0 spiro atoms. The lowest BCUT2D eigenvalue weighted by Gasteiger charge is -2.16. The normalized spacial score (nSPS) is 18.5. The van der Waals surface area contributed by atoms with Gasteiger partial charge in [-0.15, -0.1) is 0 Å². The molecule has 1 aromatic heterocycles. The lowest BCUT2D eigenvalue weighted by Crippen LogP contribution is -2.35.